The fraction of sp³-hybridized carbons (Fsp3) is 0.417. The predicted molar refractivity (Wildman–Crippen MR) is 248 cm³/mol. The fourth-order valence-corrected chi connectivity index (χ4v) is 10.9. The summed E-state index contributed by atoms with van der Waals surface area (Å²) in [6, 6.07) is 19.2. The summed E-state index contributed by atoms with van der Waals surface area (Å²) in [7, 11) is -4.61. The highest BCUT2D eigenvalue weighted by Crippen LogP contribution is 2.44. The van der Waals surface area contributed by atoms with Crippen LogP contribution in [0.2, 0.25) is 5.02 Å². The number of nitrogens with one attached hydrogen (secondary N) is 3. The monoisotopic (exact) mass is 907 g/mol. The second-order valence-electron chi connectivity index (χ2n) is 18.5. The number of carbonyl (C=O) groups excluding carboxylic acids is 1. The highest BCUT2D eigenvalue weighted by molar-refractivity contribution is 7.90. The number of amides is 1. The van der Waals surface area contributed by atoms with Crippen LogP contribution in [-0.4, -0.2) is 86.5 Å². The molecule has 1 amide bonds. The molecule has 336 valence electrons. The van der Waals surface area contributed by atoms with Gasteiger partial charge in [-0.25, -0.2) is 18.1 Å². The van der Waals surface area contributed by atoms with Gasteiger partial charge in [-0.05, 0) is 123 Å². The van der Waals surface area contributed by atoms with E-state index in [2.05, 4.69) is 55.8 Å². The minimum atomic E-state index is -4.61. The highest BCUT2D eigenvalue weighted by atomic mass is 35.5. The van der Waals surface area contributed by atoms with Crippen molar-refractivity contribution in [2.24, 2.45) is 17.3 Å². The van der Waals surface area contributed by atoms with Crippen LogP contribution >= 0.6 is 11.6 Å². The van der Waals surface area contributed by atoms with Gasteiger partial charge in [-0.2, -0.15) is 0 Å². The van der Waals surface area contributed by atoms with Gasteiger partial charge < -0.3 is 24.7 Å². The highest BCUT2D eigenvalue weighted by Gasteiger charge is 2.34. The number of piperidine rings is 1. The number of nitrogens with zero attached hydrogens (tertiary/aromatic N) is 4. The molecule has 5 heterocycles. The van der Waals surface area contributed by atoms with E-state index in [0.29, 0.717) is 35.9 Å². The van der Waals surface area contributed by atoms with E-state index in [1.54, 1.807) is 30.5 Å². The number of hydrogen-bond donors (Lipinski definition) is 3. The molecule has 9 rings (SSSR count). The molecule has 14 nitrogen and oxygen atoms in total. The van der Waals surface area contributed by atoms with Gasteiger partial charge in [0.1, 0.15) is 22.9 Å². The number of H-pyrrole nitrogens is 1. The van der Waals surface area contributed by atoms with Gasteiger partial charge >= 0.3 is 0 Å². The van der Waals surface area contributed by atoms with Crippen LogP contribution in [0.25, 0.3) is 16.6 Å². The number of ether oxygens (including phenoxy) is 2. The van der Waals surface area contributed by atoms with Crippen LogP contribution in [-0.2, 0) is 16.4 Å². The first-order valence-electron chi connectivity index (χ1n) is 22.2. The lowest BCUT2D eigenvalue weighted by atomic mass is 9.72. The zero-order valence-electron chi connectivity index (χ0n) is 36.2. The van der Waals surface area contributed by atoms with Crippen LogP contribution in [0.15, 0.2) is 89.6 Å². The fourth-order valence-electron chi connectivity index (χ4n) is 9.77. The van der Waals surface area contributed by atoms with Crippen LogP contribution in [0.5, 0.6) is 17.2 Å². The average molecular weight is 909 g/mol. The second kappa shape index (κ2) is 18.2. The largest absolute Gasteiger partial charge is 0.493 e. The number of pyridine rings is 1. The van der Waals surface area contributed by atoms with Crippen molar-refractivity contribution in [2.45, 2.75) is 63.7 Å². The van der Waals surface area contributed by atoms with Gasteiger partial charge in [0, 0.05) is 73.2 Å². The molecule has 0 bridgehead atoms. The standard InChI is InChI=1S/C48H54ClN7O7S/c1-48(2)13-9-35(42(27-48)33-3-5-36(49)6-4-33)29-54-17-19-55(20-18-54)37-7-8-40(45(24-37)63-38-23-34-12-16-51-46(34)52-28-38)47(57)53-64(60,61)39-25-43(56(58)59)41-22-32(30-62-44(41)26-39)21-31-10-14-50-15-11-31/h3-8,12,16,23-26,28,31-32,50H,9-11,13-15,17-22,27,29-30H2,1-2H3,(H,51,52)(H,53,57)/t32-/m0/s1. The molecule has 3 N–H and O–H groups in total. The number of fused-ring (bicyclic) bond motifs is 2. The van der Waals surface area contributed by atoms with Gasteiger partial charge in [0.05, 0.1) is 33.7 Å². The molecule has 0 saturated carbocycles. The van der Waals surface area contributed by atoms with Crippen molar-refractivity contribution in [3.05, 3.63) is 117 Å². The molecule has 1 aliphatic carbocycles. The zero-order chi connectivity index (χ0) is 44.6. The lowest BCUT2D eigenvalue weighted by Gasteiger charge is -2.39. The second-order valence-corrected chi connectivity index (χ2v) is 20.6. The van der Waals surface area contributed by atoms with Crippen LogP contribution in [0.3, 0.4) is 0 Å². The van der Waals surface area contributed by atoms with Gasteiger partial charge in [0.15, 0.2) is 0 Å². The van der Waals surface area contributed by atoms with Gasteiger partial charge in [0.2, 0.25) is 0 Å². The summed E-state index contributed by atoms with van der Waals surface area (Å²) in [6.07, 6.45) is 9.87. The summed E-state index contributed by atoms with van der Waals surface area (Å²) in [5, 5.41) is 17.3. The van der Waals surface area contributed by atoms with E-state index < -0.39 is 25.7 Å². The zero-order valence-corrected chi connectivity index (χ0v) is 37.8. The lowest BCUT2D eigenvalue weighted by molar-refractivity contribution is -0.386. The smallest absolute Gasteiger partial charge is 0.277 e. The Labute approximate surface area is 378 Å². The van der Waals surface area contributed by atoms with E-state index in [-0.39, 0.29) is 34.1 Å². The number of allylic oxidation sites excluding steroid dienone is 1. The number of aromatic amines is 1. The third-order valence-electron chi connectivity index (χ3n) is 13.3. The molecule has 2 saturated heterocycles. The maximum Gasteiger partial charge on any atom is 0.277 e. The summed E-state index contributed by atoms with van der Waals surface area (Å²) < 4.78 is 42.4. The van der Waals surface area contributed by atoms with Gasteiger partial charge in [-0.1, -0.05) is 43.2 Å². The Morgan fingerprint density at radius 1 is 1.03 bits per heavy atom. The lowest BCUT2D eigenvalue weighted by Crippen LogP contribution is -2.47. The first-order chi connectivity index (χ1) is 30.8. The van der Waals surface area contributed by atoms with Crippen LogP contribution in [0, 0.1) is 27.4 Å². The number of nitro benzene ring substituents is 1. The van der Waals surface area contributed by atoms with Crippen molar-refractivity contribution in [3.8, 4) is 17.2 Å². The number of sulfonamides is 1. The molecule has 4 aliphatic rings. The molecule has 3 aromatic carbocycles. The average Bonchev–Trinajstić information content (AvgIpc) is 3.75. The summed E-state index contributed by atoms with van der Waals surface area (Å²) in [5.74, 6) is 0.260. The third-order valence-corrected chi connectivity index (χ3v) is 14.9. The molecule has 64 heavy (non-hydrogen) atoms. The molecule has 5 aromatic rings. The van der Waals surface area contributed by atoms with Crippen LogP contribution in [0.1, 0.15) is 73.9 Å². The number of carbonyl (C=O) groups is 1. The van der Waals surface area contributed by atoms with E-state index >= 15 is 0 Å². The van der Waals surface area contributed by atoms with Gasteiger partial charge in [0.25, 0.3) is 21.6 Å². The molecule has 0 unspecified atom stereocenters. The molecule has 3 aliphatic heterocycles. The van der Waals surface area contributed by atoms with E-state index in [9.17, 15) is 23.3 Å². The molecule has 2 aromatic heterocycles. The maximum absolute atomic E-state index is 14.1. The first kappa shape index (κ1) is 43.8. The summed E-state index contributed by atoms with van der Waals surface area (Å²) in [5.41, 5.74) is 5.81. The summed E-state index contributed by atoms with van der Waals surface area (Å²) >= 11 is 6.25. The van der Waals surface area contributed by atoms with Crippen LogP contribution in [0.4, 0.5) is 11.4 Å². The van der Waals surface area contributed by atoms with Crippen molar-refractivity contribution in [2.75, 3.05) is 57.3 Å². The number of nitro groups is 1. The van der Waals surface area contributed by atoms with E-state index in [0.717, 1.165) is 107 Å². The predicted octanol–water partition coefficient (Wildman–Crippen LogP) is 8.76. The number of piperazine rings is 1. The molecule has 0 spiro atoms. The van der Waals surface area contributed by atoms with Crippen molar-refractivity contribution in [1.82, 2.24) is 24.9 Å². The van der Waals surface area contributed by atoms with E-state index in [4.69, 9.17) is 21.1 Å². The van der Waals surface area contributed by atoms with E-state index in [1.807, 2.05) is 18.2 Å². The summed E-state index contributed by atoms with van der Waals surface area (Å²) in [6.45, 7) is 10.9. The SMILES string of the molecule is CC1(C)CCC(CN2CCN(c3ccc(C(=O)NS(=O)(=O)c4cc5c(c([N+](=O)[O-])c4)C[C@H](CC4CCNCC4)CO5)c(Oc4cnc5[nH]ccc5c4)c3)CC2)=C(c2ccc(Cl)cc2)C1. The van der Waals surface area contributed by atoms with Gasteiger partial charge in [-0.3, -0.25) is 19.8 Å². The molecule has 1 atom stereocenters. The number of benzene rings is 3. The topological polar surface area (TPSA) is 172 Å². The van der Waals surface area contributed by atoms with Gasteiger partial charge in [-0.15, -0.1) is 0 Å². The molecular weight excluding hydrogens is 854 g/mol. The van der Waals surface area contributed by atoms with Crippen LogP contribution < -0.4 is 24.4 Å². The van der Waals surface area contributed by atoms with Crippen molar-refractivity contribution >= 4 is 55.5 Å². The number of hydrogen-bond acceptors (Lipinski definition) is 11. The molecular formula is C48H54ClN7O7S. The Kier molecular flexibility index (Phi) is 12.4. The Hall–Kier alpha value is -5.48. The molecule has 0 radical (unpaired) electrons. The Balaban J connectivity index is 0.938. The Morgan fingerprint density at radius 2 is 1.81 bits per heavy atom. The number of rotatable bonds is 12. The normalized spacial score (nSPS) is 19.5. The maximum atomic E-state index is 14.1. The molecule has 2 fully saturated rings. The van der Waals surface area contributed by atoms with Crippen molar-refractivity contribution in [3.63, 3.8) is 0 Å². The van der Waals surface area contributed by atoms with Crippen molar-refractivity contribution in [1.29, 1.82) is 0 Å². The Bertz CT molecular complexity index is 2710. The minimum Gasteiger partial charge on any atom is -0.493 e. The number of aromatic nitrogens is 2. The number of halogens is 1. The minimum absolute atomic E-state index is 0.0357. The molecule has 16 heteroatoms. The number of anilines is 1. The van der Waals surface area contributed by atoms with E-state index in [1.165, 1.54) is 29.0 Å². The third kappa shape index (κ3) is 9.77. The Morgan fingerprint density at radius 3 is 2.58 bits per heavy atom. The quantitative estimate of drug-likeness (QED) is 0.0808. The first-order valence-corrected chi connectivity index (χ1v) is 24.0. The summed E-state index contributed by atoms with van der Waals surface area (Å²) in [4.78, 5) is 37.6. The van der Waals surface area contributed by atoms with Crippen molar-refractivity contribution < 1.29 is 27.6 Å².